The van der Waals surface area contributed by atoms with Gasteiger partial charge < -0.3 is 10.5 Å². The van der Waals surface area contributed by atoms with E-state index in [-0.39, 0.29) is 17.6 Å². The van der Waals surface area contributed by atoms with Crippen LogP contribution < -0.4 is 10.5 Å². The van der Waals surface area contributed by atoms with Crippen LogP contribution >= 0.6 is 0 Å². The average molecular weight is 259 g/mol. The van der Waals surface area contributed by atoms with Gasteiger partial charge in [-0.25, -0.2) is 4.39 Å². The average Bonchev–Trinajstić information content (AvgIpc) is 2.44. The fraction of sp³-hybridized carbons (Fsp3) is 0.250. The summed E-state index contributed by atoms with van der Waals surface area (Å²) in [5, 5.41) is 0. The monoisotopic (exact) mass is 259 g/mol. The molecule has 2 aromatic carbocycles. The van der Waals surface area contributed by atoms with Gasteiger partial charge in [0, 0.05) is 6.04 Å². The Balaban J connectivity index is 2.18. The lowest BCUT2D eigenvalue weighted by molar-refractivity contribution is 0.440. The lowest BCUT2D eigenvalue weighted by atomic mass is 10.1. The van der Waals surface area contributed by atoms with Crippen LogP contribution in [0.15, 0.2) is 42.5 Å². The van der Waals surface area contributed by atoms with Crippen LogP contribution in [-0.4, -0.2) is 0 Å². The van der Waals surface area contributed by atoms with Gasteiger partial charge in [-0.2, -0.15) is 0 Å². The molecule has 0 bridgehead atoms. The first-order valence-corrected chi connectivity index (χ1v) is 6.40. The van der Waals surface area contributed by atoms with Crippen molar-refractivity contribution >= 4 is 0 Å². The molecule has 0 fully saturated rings. The van der Waals surface area contributed by atoms with Gasteiger partial charge in [-0.1, -0.05) is 31.2 Å². The van der Waals surface area contributed by atoms with E-state index >= 15 is 0 Å². The largest absolute Gasteiger partial charge is 0.454 e. The maximum absolute atomic E-state index is 13.8. The van der Waals surface area contributed by atoms with Crippen molar-refractivity contribution in [2.45, 2.75) is 26.3 Å². The fourth-order valence-corrected chi connectivity index (χ4v) is 1.85. The van der Waals surface area contributed by atoms with Crippen molar-refractivity contribution in [1.29, 1.82) is 0 Å². The fourth-order valence-electron chi connectivity index (χ4n) is 1.85. The summed E-state index contributed by atoms with van der Waals surface area (Å²) in [7, 11) is 0. The molecule has 2 nitrogen and oxygen atoms in total. The second-order valence-corrected chi connectivity index (χ2v) is 4.57. The molecule has 2 aromatic rings. The first kappa shape index (κ1) is 13.6. The van der Waals surface area contributed by atoms with Crippen molar-refractivity contribution in [3.05, 3.63) is 59.4 Å². The summed E-state index contributed by atoms with van der Waals surface area (Å²) in [5.41, 5.74) is 7.57. The van der Waals surface area contributed by atoms with Crippen LogP contribution in [0.4, 0.5) is 4.39 Å². The molecule has 2 N–H and O–H groups in total. The highest BCUT2D eigenvalue weighted by molar-refractivity contribution is 5.36. The van der Waals surface area contributed by atoms with E-state index in [0.29, 0.717) is 11.3 Å². The molecular weight excluding hydrogens is 241 g/mol. The van der Waals surface area contributed by atoms with Gasteiger partial charge in [-0.05, 0) is 42.7 Å². The molecular formula is C16H18FNO. The number of aryl methyl sites for hydroxylation is 1. The molecule has 0 aliphatic heterocycles. The molecule has 1 atom stereocenters. The van der Waals surface area contributed by atoms with Crippen LogP contribution in [0.2, 0.25) is 0 Å². The summed E-state index contributed by atoms with van der Waals surface area (Å²) < 4.78 is 19.3. The third kappa shape index (κ3) is 3.12. The lowest BCUT2D eigenvalue weighted by Crippen LogP contribution is -2.08. The smallest absolute Gasteiger partial charge is 0.168 e. The van der Waals surface area contributed by atoms with Crippen molar-refractivity contribution in [2.24, 2.45) is 5.73 Å². The van der Waals surface area contributed by atoms with Gasteiger partial charge in [0.05, 0.1) is 0 Å². The van der Waals surface area contributed by atoms with E-state index in [1.165, 1.54) is 0 Å². The molecule has 2 rings (SSSR count). The Kier molecular flexibility index (Phi) is 4.17. The molecule has 3 heteroatoms. The Morgan fingerprint density at radius 1 is 1.16 bits per heavy atom. The summed E-state index contributed by atoms with van der Waals surface area (Å²) >= 11 is 0. The number of halogens is 1. The molecule has 0 saturated carbocycles. The topological polar surface area (TPSA) is 35.2 Å². The van der Waals surface area contributed by atoms with Gasteiger partial charge in [0.1, 0.15) is 5.75 Å². The van der Waals surface area contributed by atoms with Gasteiger partial charge in [0.25, 0.3) is 0 Å². The lowest BCUT2D eigenvalue weighted by Gasteiger charge is -2.11. The standard InChI is InChI=1S/C16H18FNO/c1-3-14(18)12-7-9-13(10-8-12)19-15-6-4-5-11(2)16(15)17/h4-10,14H,3,18H2,1-2H3. The first-order chi connectivity index (χ1) is 9.11. The second-order valence-electron chi connectivity index (χ2n) is 4.57. The van der Waals surface area contributed by atoms with Crippen LogP contribution in [-0.2, 0) is 0 Å². The van der Waals surface area contributed by atoms with Crippen molar-refractivity contribution in [2.75, 3.05) is 0 Å². The van der Waals surface area contributed by atoms with Gasteiger partial charge in [0.15, 0.2) is 11.6 Å². The molecule has 100 valence electrons. The number of hydrogen-bond acceptors (Lipinski definition) is 2. The first-order valence-electron chi connectivity index (χ1n) is 6.40. The van der Waals surface area contributed by atoms with Crippen molar-refractivity contribution in [3.8, 4) is 11.5 Å². The highest BCUT2D eigenvalue weighted by Crippen LogP contribution is 2.27. The van der Waals surface area contributed by atoms with Crippen LogP contribution in [0.5, 0.6) is 11.5 Å². The Morgan fingerprint density at radius 2 is 1.84 bits per heavy atom. The van der Waals surface area contributed by atoms with Gasteiger partial charge >= 0.3 is 0 Å². The second kappa shape index (κ2) is 5.85. The minimum absolute atomic E-state index is 0.0322. The van der Waals surface area contributed by atoms with E-state index in [1.807, 2.05) is 31.2 Å². The molecule has 0 saturated heterocycles. The highest BCUT2D eigenvalue weighted by atomic mass is 19.1. The van der Waals surface area contributed by atoms with E-state index in [9.17, 15) is 4.39 Å². The Bertz CT molecular complexity index is 551. The van der Waals surface area contributed by atoms with Crippen LogP contribution in [0, 0.1) is 12.7 Å². The molecule has 0 spiro atoms. The molecule has 0 aliphatic rings. The Labute approximate surface area is 113 Å². The quantitative estimate of drug-likeness (QED) is 0.886. The van der Waals surface area contributed by atoms with Gasteiger partial charge in [0.2, 0.25) is 0 Å². The zero-order chi connectivity index (χ0) is 13.8. The normalized spacial score (nSPS) is 12.2. The molecule has 0 aliphatic carbocycles. The number of benzene rings is 2. The molecule has 0 amide bonds. The molecule has 1 unspecified atom stereocenters. The summed E-state index contributed by atoms with van der Waals surface area (Å²) in [6, 6.07) is 12.6. The van der Waals surface area contributed by atoms with Crippen LogP contribution in [0.25, 0.3) is 0 Å². The molecule has 0 heterocycles. The Morgan fingerprint density at radius 3 is 2.47 bits per heavy atom. The van der Waals surface area contributed by atoms with E-state index in [1.54, 1.807) is 25.1 Å². The maximum Gasteiger partial charge on any atom is 0.168 e. The SMILES string of the molecule is CCC(N)c1ccc(Oc2cccc(C)c2F)cc1. The predicted octanol–water partition coefficient (Wildman–Crippen LogP) is 4.34. The number of ether oxygens (including phenoxy) is 1. The summed E-state index contributed by atoms with van der Waals surface area (Å²) in [4.78, 5) is 0. The molecule has 19 heavy (non-hydrogen) atoms. The van der Waals surface area contributed by atoms with Gasteiger partial charge in [-0.15, -0.1) is 0 Å². The summed E-state index contributed by atoms with van der Waals surface area (Å²) in [5.74, 6) is 0.529. The zero-order valence-corrected chi connectivity index (χ0v) is 11.2. The molecule has 0 radical (unpaired) electrons. The van der Waals surface area contributed by atoms with Crippen LogP contribution in [0.3, 0.4) is 0 Å². The summed E-state index contributed by atoms with van der Waals surface area (Å²) in [6.45, 7) is 3.75. The summed E-state index contributed by atoms with van der Waals surface area (Å²) in [6.07, 6.45) is 0.882. The minimum Gasteiger partial charge on any atom is -0.454 e. The van der Waals surface area contributed by atoms with E-state index in [0.717, 1.165) is 12.0 Å². The van der Waals surface area contributed by atoms with Crippen molar-refractivity contribution in [3.63, 3.8) is 0 Å². The van der Waals surface area contributed by atoms with Crippen molar-refractivity contribution in [1.82, 2.24) is 0 Å². The predicted molar refractivity (Wildman–Crippen MR) is 74.9 cm³/mol. The van der Waals surface area contributed by atoms with Gasteiger partial charge in [-0.3, -0.25) is 0 Å². The van der Waals surface area contributed by atoms with E-state index in [2.05, 4.69) is 0 Å². The zero-order valence-electron chi connectivity index (χ0n) is 11.2. The highest BCUT2D eigenvalue weighted by Gasteiger charge is 2.08. The van der Waals surface area contributed by atoms with E-state index in [4.69, 9.17) is 10.5 Å². The minimum atomic E-state index is -0.322. The number of rotatable bonds is 4. The number of nitrogens with two attached hydrogens (primary N) is 1. The Hall–Kier alpha value is -1.87. The van der Waals surface area contributed by atoms with Crippen molar-refractivity contribution < 1.29 is 9.13 Å². The third-order valence-corrected chi connectivity index (χ3v) is 3.13. The number of hydrogen-bond donors (Lipinski definition) is 1. The maximum atomic E-state index is 13.8. The van der Waals surface area contributed by atoms with Crippen LogP contribution in [0.1, 0.15) is 30.5 Å². The van der Waals surface area contributed by atoms with E-state index < -0.39 is 0 Å². The molecule has 0 aromatic heterocycles. The third-order valence-electron chi connectivity index (χ3n) is 3.13.